The van der Waals surface area contributed by atoms with E-state index in [1.165, 1.54) is 5.56 Å². The Bertz CT molecular complexity index is 876. The van der Waals surface area contributed by atoms with Crippen molar-refractivity contribution in [2.75, 3.05) is 31.5 Å². The highest BCUT2D eigenvalue weighted by Crippen LogP contribution is 2.30. The predicted octanol–water partition coefficient (Wildman–Crippen LogP) is 4.12. The molecule has 7 heteroatoms. The Morgan fingerprint density at radius 2 is 2.04 bits per heavy atom. The van der Waals surface area contributed by atoms with E-state index >= 15 is 0 Å². The van der Waals surface area contributed by atoms with Crippen LogP contribution in [0, 0.1) is 0 Å². The van der Waals surface area contributed by atoms with Gasteiger partial charge in [0.15, 0.2) is 0 Å². The molecule has 1 saturated heterocycles. The summed E-state index contributed by atoms with van der Waals surface area (Å²) in [5.74, 6) is 0.617. The number of nitrogens with one attached hydrogen (secondary N) is 2. The van der Waals surface area contributed by atoms with Crippen molar-refractivity contribution in [2.45, 2.75) is 6.54 Å². The number of rotatable bonds is 5. The number of piperazine rings is 1. The number of hydrogen-bond acceptors (Lipinski definition) is 6. The Morgan fingerprint density at radius 1 is 1.15 bits per heavy atom. The quantitative estimate of drug-likeness (QED) is 0.638. The molecule has 0 saturated carbocycles. The molecule has 0 spiro atoms. The van der Waals surface area contributed by atoms with E-state index in [2.05, 4.69) is 71.8 Å². The third-order valence-corrected chi connectivity index (χ3v) is 5.93. The van der Waals surface area contributed by atoms with E-state index in [-0.39, 0.29) is 0 Å². The summed E-state index contributed by atoms with van der Waals surface area (Å²) in [6.07, 6.45) is 1.79. The van der Waals surface area contributed by atoms with Gasteiger partial charge in [0.05, 0.1) is 14.4 Å². The van der Waals surface area contributed by atoms with E-state index in [1.54, 1.807) is 17.5 Å². The first-order chi connectivity index (χ1) is 12.8. The zero-order valence-electron chi connectivity index (χ0n) is 14.3. The number of anilines is 2. The molecule has 3 aromatic rings. The molecule has 1 aromatic carbocycles. The van der Waals surface area contributed by atoms with Crippen LogP contribution >= 0.6 is 27.3 Å². The van der Waals surface area contributed by atoms with E-state index in [9.17, 15) is 0 Å². The van der Waals surface area contributed by atoms with Crippen molar-refractivity contribution in [3.05, 3.63) is 58.0 Å². The molecule has 0 radical (unpaired) electrons. The summed E-state index contributed by atoms with van der Waals surface area (Å²) in [5, 5.41) is 6.73. The Hall–Kier alpha value is -1.80. The summed E-state index contributed by atoms with van der Waals surface area (Å²) in [4.78, 5) is 12.6. The van der Waals surface area contributed by atoms with Crippen LogP contribution in [-0.4, -0.2) is 41.0 Å². The van der Waals surface area contributed by atoms with Crippen LogP contribution in [0.4, 0.5) is 11.6 Å². The summed E-state index contributed by atoms with van der Waals surface area (Å²) in [6.45, 7) is 5.30. The first kappa shape index (κ1) is 17.6. The lowest BCUT2D eigenvalue weighted by Gasteiger charge is -2.27. The zero-order valence-corrected chi connectivity index (χ0v) is 16.7. The Morgan fingerprint density at radius 3 is 2.85 bits per heavy atom. The highest BCUT2D eigenvalue weighted by Gasteiger charge is 2.10. The Labute approximate surface area is 165 Å². The molecule has 0 amide bonds. The molecule has 2 N–H and O–H groups in total. The summed E-state index contributed by atoms with van der Waals surface area (Å²) >= 11 is 5.17. The number of halogens is 1. The third kappa shape index (κ3) is 4.48. The lowest BCUT2D eigenvalue weighted by Crippen LogP contribution is -2.42. The van der Waals surface area contributed by atoms with Gasteiger partial charge in [0, 0.05) is 44.6 Å². The van der Waals surface area contributed by atoms with Gasteiger partial charge >= 0.3 is 0 Å². The van der Waals surface area contributed by atoms with Gasteiger partial charge in [-0.3, -0.25) is 4.90 Å². The summed E-state index contributed by atoms with van der Waals surface area (Å²) < 4.78 is 1.10. The van der Waals surface area contributed by atoms with Crippen molar-refractivity contribution < 1.29 is 0 Å². The SMILES string of the molecule is Brc1ccc(-c2ccnc(Nc3cccc(CN4CCNCC4)c3)n2)s1. The van der Waals surface area contributed by atoms with Crippen LogP contribution in [0.25, 0.3) is 10.6 Å². The van der Waals surface area contributed by atoms with E-state index in [4.69, 9.17) is 0 Å². The molecule has 1 aliphatic heterocycles. The monoisotopic (exact) mass is 429 g/mol. The van der Waals surface area contributed by atoms with Gasteiger partial charge in [0.25, 0.3) is 0 Å². The van der Waals surface area contributed by atoms with Gasteiger partial charge in [-0.2, -0.15) is 0 Å². The van der Waals surface area contributed by atoms with Crippen molar-refractivity contribution in [3.63, 3.8) is 0 Å². The number of benzene rings is 1. The summed E-state index contributed by atoms with van der Waals surface area (Å²) in [5.41, 5.74) is 3.24. The number of aromatic nitrogens is 2. The van der Waals surface area contributed by atoms with Crippen LogP contribution in [-0.2, 0) is 6.54 Å². The molecule has 134 valence electrons. The van der Waals surface area contributed by atoms with Crippen LogP contribution in [0.3, 0.4) is 0 Å². The van der Waals surface area contributed by atoms with E-state index in [0.29, 0.717) is 5.95 Å². The third-order valence-electron chi connectivity index (χ3n) is 4.28. The van der Waals surface area contributed by atoms with Gasteiger partial charge in [-0.25, -0.2) is 9.97 Å². The molecule has 1 fully saturated rings. The molecule has 26 heavy (non-hydrogen) atoms. The standard InChI is InChI=1S/C19H20BrN5S/c20-18-5-4-17(26-18)16-6-7-22-19(24-16)23-15-3-1-2-14(12-15)13-25-10-8-21-9-11-25/h1-7,12,21H,8-11,13H2,(H,22,23,24). The minimum atomic E-state index is 0.617. The molecule has 0 aliphatic carbocycles. The molecule has 1 aliphatic rings. The maximum Gasteiger partial charge on any atom is 0.227 e. The molecule has 0 atom stereocenters. The van der Waals surface area contributed by atoms with Crippen LogP contribution in [0.15, 0.2) is 52.4 Å². The second kappa shape index (κ2) is 8.26. The van der Waals surface area contributed by atoms with Crippen LogP contribution < -0.4 is 10.6 Å². The Kier molecular flexibility index (Phi) is 5.59. The first-order valence-corrected chi connectivity index (χ1v) is 10.2. The molecular formula is C19H20BrN5S. The number of thiophene rings is 1. The smallest absolute Gasteiger partial charge is 0.227 e. The Balaban J connectivity index is 1.48. The van der Waals surface area contributed by atoms with E-state index in [1.807, 2.05) is 12.1 Å². The highest BCUT2D eigenvalue weighted by atomic mass is 79.9. The molecule has 4 rings (SSSR count). The zero-order chi connectivity index (χ0) is 17.8. The second-order valence-corrected chi connectivity index (χ2v) is 8.68. The summed E-state index contributed by atoms with van der Waals surface area (Å²) in [6, 6.07) is 14.5. The van der Waals surface area contributed by atoms with Crippen LogP contribution in [0.5, 0.6) is 0 Å². The van der Waals surface area contributed by atoms with E-state index in [0.717, 1.165) is 52.8 Å². The fourth-order valence-electron chi connectivity index (χ4n) is 3.01. The van der Waals surface area contributed by atoms with Crippen molar-refractivity contribution in [3.8, 4) is 10.6 Å². The van der Waals surface area contributed by atoms with Gasteiger partial charge in [-0.15, -0.1) is 11.3 Å². The maximum atomic E-state index is 4.65. The van der Waals surface area contributed by atoms with Gasteiger partial charge in [-0.1, -0.05) is 12.1 Å². The average molecular weight is 430 g/mol. The first-order valence-electron chi connectivity index (χ1n) is 8.64. The lowest BCUT2D eigenvalue weighted by molar-refractivity contribution is 0.233. The molecule has 0 unspecified atom stereocenters. The van der Waals surface area contributed by atoms with E-state index < -0.39 is 0 Å². The minimum absolute atomic E-state index is 0.617. The van der Waals surface area contributed by atoms with Crippen molar-refractivity contribution >= 4 is 38.9 Å². The number of hydrogen-bond donors (Lipinski definition) is 2. The van der Waals surface area contributed by atoms with Crippen LogP contribution in [0.2, 0.25) is 0 Å². The highest BCUT2D eigenvalue weighted by molar-refractivity contribution is 9.11. The van der Waals surface area contributed by atoms with Crippen molar-refractivity contribution in [2.24, 2.45) is 0 Å². The molecular weight excluding hydrogens is 410 g/mol. The normalized spacial score (nSPS) is 15.1. The van der Waals surface area contributed by atoms with Gasteiger partial charge in [0.1, 0.15) is 0 Å². The van der Waals surface area contributed by atoms with Gasteiger partial charge < -0.3 is 10.6 Å². The molecule has 5 nitrogen and oxygen atoms in total. The average Bonchev–Trinajstić information content (AvgIpc) is 3.10. The summed E-state index contributed by atoms with van der Waals surface area (Å²) in [7, 11) is 0. The largest absolute Gasteiger partial charge is 0.324 e. The fraction of sp³-hybridized carbons (Fsp3) is 0.263. The van der Waals surface area contributed by atoms with Gasteiger partial charge in [0.2, 0.25) is 5.95 Å². The lowest BCUT2D eigenvalue weighted by atomic mass is 10.2. The van der Waals surface area contributed by atoms with Crippen molar-refractivity contribution in [1.29, 1.82) is 0 Å². The number of nitrogens with zero attached hydrogens (tertiary/aromatic N) is 3. The van der Waals surface area contributed by atoms with Crippen LogP contribution in [0.1, 0.15) is 5.56 Å². The molecule has 2 aromatic heterocycles. The topological polar surface area (TPSA) is 53.1 Å². The predicted molar refractivity (Wildman–Crippen MR) is 111 cm³/mol. The van der Waals surface area contributed by atoms with Crippen molar-refractivity contribution in [1.82, 2.24) is 20.2 Å². The molecule has 0 bridgehead atoms. The fourth-order valence-corrected chi connectivity index (χ4v) is 4.37. The second-order valence-electron chi connectivity index (χ2n) is 6.22. The maximum absolute atomic E-state index is 4.65. The molecule has 3 heterocycles. The minimum Gasteiger partial charge on any atom is -0.324 e. The van der Waals surface area contributed by atoms with Gasteiger partial charge in [-0.05, 0) is 51.8 Å².